The van der Waals surface area contributed by atoms with Gasteiger partial charge in [0.25, 0.3) is 5.91 Å². The van der Waals surface area contributed by atoms with E-state index < -0.39 is 0 Å². The van der Waals surface area contributed by atoms with Gasteiger partial charge in [-0.15, -0.1) is 0 Å². The lowest BCUT2D eigenvalue weighted by Crippen LogP contribution is -2.41. The Labute approximate surface area is 134 Å². The van der Waals surface area contributed by atoms with Crippen LogP contribution in [0.3, 0.4) is 0 Å². The van der Waals surface area contributed by atoms with Crippen molar-refractivity contribution in [1.29, 1.82) is 0 Å². The molecule has 1 aliphatic heterocycles. The summed E-state index contributed by atoms with van der Waals surface area (Å²) < 4.78 is 5.94. The maximum atomic E-state index is 12.7. The normalized spacial score (nSPS) is 26.5. The van der Waals surface area contributed by atoms with Crippen LogP contribution in [0.25, 0.3) is 0 Å². The average Bonchev–Trinajstić information content (AvgIpc) is 3.46. The lowest BCUT2D eigenvalue weighted by molar-refractivity contribution is -0.126. The quantitative estimate of drug-likeness (QED) is 0.904. The number of nitrogens with one attached hydrogen (secondary N) is 1. The molecule has 1 aromatic heterocycles. The number of furan rings is 1. The first-order valence-electron chi connectivity index (χ1n) is 8.37. The van der Waals surface area contributed by atoms with Gasteiger partial charge in [0.05, 0.1) is 6.54 Å². The van der Waals surface area contributed by atoms with Crippen molar-refractivity contribution in [3.63, 3.8) is 0 Å². The number of hydrogen-bond acceptors (Lipinski definition) is 4. The molecule has 122 valence electrons. The molecule has 0 spiro atoms. The highest BCUT2D eigenvalue weighted by Crippen LogP contribution is 2.47. The van der Waals surface area contributed by atoms with E-state index in [0.717, 1.165) is 24.4 Å². The highest BCUT2D eigenvalue weighted by atomic mass is 16.3. The molecule has 2 atom stereocenters. The average molecular weight is 315 g/mol. The van der Waals surface area contributed by atoms with Crippen LogP contribution >= 0.6 is 0 Å². The van der Waals surface area contributed by atoms with Crippen molar-refractivity contribution in [2.24, 2.45) is 11.0 Å². The molecule has 0 bridgehead atoms. The molecule has 0 unspecified atom stereocenters. The van der Waals surface area contributed by atoms with Gasteiger partial charge in [0.1, 0.15) is 17.2 Å². The second-order valence-electron chi connectivity index (χ2n) is 6.88. The van der Waals surface area contributed by atoms with E-state index in [2.05, 4.69) is 17.5 Å². The van der Waals surface area contributed by atoms with Gasteiger partial charge in [0.2, 0.25) is 5.91 Å². The molecule has 0 saturated heterocycles. The lowest BCUT2D eigenvalue weighted by Gasteiger charge is -2.23. The zero-order chi connectivity index (χ0) is 16.0. The molecule has 2 amide bonds. The van der Waals surface area contributed by atoms with Crippen LogP contribution in [0.2, 0.25) is 0 Å². The van der Waals surface area contributed by atoms with Crippen molar-refractivity contribution >= 4 is 17.5 Å². The first kappa shape index (κ1) is 14.5. The minimum atomic E-state index is -0.131. The van der Waals surface area contributed by atoms with Crippen LogP contribution in [0.4, 0.5) is 0 Å². The van der Waals surface area contributed by atoms with Crippen molar-refractivity contribution in [3.05, 3.63) is 23.7 Å². The van der Waals surface area contributed by atoms with Crippen LogP contribution in [0.5, 0.6) is 0 Å². The number of amides is 2. The summed E-state index contributed by atoms with van der Waals surface area (Å²) in [6, 6.07) is 4.29. The Kier molecular flexibility index (Phi) is 3.47. The van der Waals surface area contributed by atoms with Crippen LogP contribution in [-0.4, -0.2) is 28.5 Å². The van der Waals surface area contributed by atoms with Gasteiger partial charge in [-0.2, -0.15) is 5.10 Å². The Morgan fingerprint density at radius 1 is 1.39 bits per heavy atom. The van der Waals surface area contributed by atoms with E-state index in [0.29, 0.717) is 36.9 Å². The van der Waals surface area contributed by atoms with Crippen molar-refractivity contribution in [1.82, 2.24) is 10.3 Å². The summed E-state index contributed by atoms with van der Waals surface area (Å²) in [6.45, 7) is 2.71. The first-order valence-corrected chi connectivity index (χ1v) is 8.37. The monoisotopic (exact) mass is 315 g/mol. The minimum Gasteiger partial charge on any atom is -0.464 e. The SMILES string of the molecule is C[C@H]1C[C@H]1c1ccc(CN(C(=O)C2=NNC(=O)CC2)C2CC2)o1. The maximum Gasteiger partial charge on any atom is 0.270 e. The van der Waals surface area contributed by atoms with Crippen LogP contribution in [-0.2, 0) is 16.1 Å². The van der Waals surface area contributed by atoms with Gasteiger partial charge in [0, 0.05) is 24.8 Å². The summed E-state index contributed by atoms with van der Waals surface area (Å²) in [5, 5.41) is 3.93. The largest absolute Gasteiger partial charge is 0.464 e. The fraction of sp³-hybridized carbons (Fsp3) is 0.588. The van der Waals surface area contributed by atoms with E-state index in [1.54, 1.807) is 0 Å². The predicted molar refractivity (Wildman–Crippen MR) is 83.6 cm³/mol. The molecule has 2 saturated carbocycles. The third-order valence-electron chi connectivity index (χ3n) is 4.88. The maximum absolute atomic E-state index is 12.7. The molecule has 1 aromatic rings. The fourth-order valence-electron chi connectivity index (χ4n) is 3.11. The molecule has 6 nitrogen and oxygen atoms in total. The predicted octanol–water partition coefficient (Wildman–Crippen LogP) is 2.16. The number of rotatable bonds is 5. The minimum absolute atomic E-state index is 0.0785. The van der Waals surface area contributed by atoms with Crippen molar-refractivity contribution in [2.45, 2.75) is 57.5 Å². The molecule has 2 heterocycles. The highest BCUT2D eigenvalue weighted by molar-refractivity contribution is 6.39. The number of carbonyl (C=O) groups excluding carboxylic acids is 2. The van der Waals surface area contributed by atoms with Gasteiger partial charge in [-0.25, -0.2) is 5.43 Å². The molecule has 0 aromatic carbocycles. The van der Waals surface area contributed by atoms with Gasteiger partial charge in [-0.1, -0.05) is 6.92 Å². The molecule has 3 aliphatic rings. The van der Waals surface area contributed by atoms with Crippen LogP contribution in [0.1, 0.15) is 56.5 Å². The smallest absolute Gasteiger partial charge is 0.270 e. The molecule has 2 fully saturated rings. The van der Waals surface area contributed by atoms with E-state index in [1.165, 1.54) is 6.42 Å². The highest BCUT2D eigenvalue weighted by Gasteiger charge is 2.38. The summed E-state index contributed by atoms with van der Waals surface area (Å²) in [7, 11) is 0. The molecule has 2 aliphatic carbocycles. The van der Waals surface area contributed by atoms with Gasteiger partial charge >= 0.3 is 0 Å². The Hall–Kier alpha value is -2.11. The molecule has 4 rings (SSSR count). The summed E-state index contributed by atoms with van der Waals surface area (Å²) >= 11 is 0. The van der Waals surface area contributed by atoms with E-state index in [-0.39, 0.29) is 17.9 Å². The Morgan fingerprint density at radius 2 is 2.17 bits per heavy atom. The molecule has 0 radical (unpaired) electrons. The Balaban J connectivity index is 1.46. The van der Waals surface area contributed by atoms with E-state index in [4.69, 9.17) is 4.42 Å². The second-order valence-corrected chi connectivity index (χ2v) is 6.88. The number of hydrogen-bond donors (Lipinski definition) is 1. The number of hydrazone groups is 1. The number of nitrogens with zero attached hydrogens (tertiary/aromatic N) is 2. The Bertz CT molecular complexity index is 674. The summed E-state index contributed by atoms with van der Waals surface area (Å²) in [5.41, 5.74) is 2.84. The molecule has 23 heavy (non-hydrogen) atoms. The number of carbonyl (C=O) groups is 2. The van der Waals surface area contributed by atoms with Crippen molar-refractivity contribution in [3.8, 4) is 0 Å². The summed E-state index contributed by atoms with van der Waals surface area (Å²) in [4.78, 5) is 25.7. The third kappa shape index (κ3) is 3.02. The van der Waals surface area contributed by atoms with E-state index in [9.17, 15) is 9.59 Å². The first-order chi connectivity index (χ1) is 11.1. The van der Waals surface area contributed by atoms with E-state index >= 15 is 0 Å². The zero-order valence-electron chi connectivity index (χ0n) is 13.2. The van der Waals surface area contributed by atoms with Gasteiger partial charge in [-0.05, 0) is 37.3 Å². The fourth-order valence-corrected chi connectivity index (χ4v) is 3.11. The molecule has 6 heteroatoms. The molecular formula is C17H21N3O3. The standard InChI is InChI=1S/C17H21N3O3/c1-10-8-13(10)15-6-4-12(23-15)9-20(11-2-3-11)17(22)14-5-7-16(21)19-18-14/h4,6,10-11,13H,2-3,5,7-9H2,1H3,(H,19,21)/t10-,13+/m0/s1. The van der Waals surface area contributed by atoms with Gasteiger partial charge in [0.15, 0.2) is 0 Å². The van der Waals surface area contributed by atoms with Crippen molar-refractivity contribution in [2.75, 3.05) is 0 Å². The third-order valence-corrected chi connectivity index (χ3v) is 4.88. The Morgan fingerprint density at radius 3 is 2.78 bits per heavy atom. The molecular weight excluding hydrogens is 294 g/mol. The summed E-state index contributed by atoms with van der Waals surface area (Å²) in [6.07, 6.45) is 3.98. The summed E-state index contributed by atoms with van der Waals surface area (Å²) in [5.74, 6) is 2.92. The van der Waals surface area contributed by atoms with Crippen LogP contribution in [0.15, 0.2) is 21.7 Å². The lowest BCUT2D eigenvalue weighted by atomic mass is 10.1. The van der Waals surface area contributed by atoms with Crippen molar-refractivity contribution < 1.29 is 14.0 Å². The zero-order valence-corrected chi connectivity index (χ0v) is 13.2. The van der Waals surface area contributed by atoms with Crippen LogP contribution < -0.4 is 5.43 Å². The van der Waals surface area contributed by atoms with Gasteiger partial charge in [-0.3, -0.25) is 9.59 Å². The second kappa shape index (κ2) is 5.51. The van der Waals surface area contributed by atoms with Crippen LogP contribution in [0, 0.1) is 5.92 Å². The molecule has 1 N–H and O–H groups in total. The van der Waals surface area contributed by atoms with E-state index in [1.807, 2.05) is 17.0 Å². The topological polar surface area (TPSA) is 74.9 Å². The van der Waals surface area contributed by atoms with Gasteiger partial charge < -0.3 is 9.32 Å².